The van der Waals surface area contributed by atoms with E-state index in [0.29, 0.717) is 10.0 Å². The van der Waals surface area contributed by atoms with Gasteiger partial charge in [0.15, 0.2) is 0 Å². The number of carboxylic acid groups (broad SMARTS) is 1. The van der Waals surface area contributed by atoms with Crippen molar-refractivity contribution < 1.29 is 9.90 Å². The number of hydrogen-bond acceptors (Lipinski definition) is 2. The summed E-state index contributed by atoms with van der Waals surface area (Å²) in [5, 5.41) is 10.4. The predicted octanol–water partition coefficient (Wildman–Crippen LogP) is 4.74. The van der Waals surface area contributed by atoms with Crippen molar-refractivity contribution in [2.75, 3.05) is 13.6 Å². The zero-order chi connectivity index (χ0) is 15.4. The van der Waals surface area contributed by atoms with Gasteiger partial charge < -0.3 is 10.0 Å². The average molecular weight is 367 g/mol. The minimum atomic E-state index is -0.650. The first-order chi connectivity index (χ1) is 9.97. The molecule has 1 saturated carbocycles. The highest BCUT2D eigenvalue weighted by molar-refractivity contribution is 6.42. The second-order valence-electron chi connectivity index (χ2n) is 5.93. The zero-order valence-electron chi connectivity index (χ0n) is 12.6. The number of carbonyl (C=O) groups is 1. The first-order valence-electron chi connectivity index (χ1n) is 7.32. The summed E-state index contributed by atoms with van der Waals surface area (Å²) in [7, 11) is 2.02. The van der Waals surface area contributed by atoms with Crippen molar-refractivity contribution >= 4 is 41.6 Å². The van der Waals surface area contributed by atoms with Crippen molar-refractivity contribution in [3.63, 3.8) is 0 Å². The topological polar surface area (TPSA) is 40.5 Å². The Labute approximate surface area is 148 Å². The third kappa shape index (κ3) is 5.31. The van der Waals surface area contributed by atoms with Crippen LogP contribution in [0.5, 0.6) is 0 Å². The SMILES string of the molecule is CN(Cc1ccc(Cl)c(Cl)c1)CC1CCCCC1C(=O)O.Cl. The Morgan fingerprint density at radius 3 is 2.59 bits per heavy atom. The van der Waals surface area contributed by atoms with Crippen molar-refractivity contribution in [3.05, 3.63) is 33.8 Å². The third-order valence-corrected chi connectivity index (χ3v) is 4.95. The van der Waals surface area contributed by atoms with E-state index in [1.54, 1.807) is 6.07 Å². The molecule has 1 aliphatic carbocycles. The highest BCUT2D eigenvalue weighted by atomic mass is 35.5. The molecule has 0 heterocycles. The van der Waals surface area contributed by atoms with Gasteiger partial charge in [-0.15, -0.1) is 12.4 Å². The van der Waals surface area contributed by atoms with Gasteiger partial charge in [0.2, 0.25) is 0 Å². The van der Waals surface area contributed by atoms with Crippen molar-refractivity contribution in [2.45, 2.75) is 32.2 Å². The molecule has 2 atom stereocenters. The van der Waals surface area contributed by atoms with E-state index in [1.165, 1.54) is 0 Å². The van der Waals surface area contributed by atoms with Crippen LogP contribution >= 0.6 is 35.6 Å². The van der Waals surface area contributed by atoms with Gasteiger partial charge in [0.05, 0.1) is 16.0 Å². The summed E-state index contributed by atoms with van der Waals surface area (Å²) in [6.45, 7) is 1.55. The van der Waals surface area contributed by atoms with Gasteiger partial charge in [0.1, 0.15) is 0 Å². The van der Waals surface area contributed by atoms with Crippen molar-refractivity contribution in [1.82, 2.24) is 4.90 Å². The van der Waals surface area contributed by atoms with Gasteiger partial charge in [-0.1, -0.05) is 42.1 Å². The van der Waals surface area contributed by atoms with Crippen LogP contribution in [0.3, 0.4) is 0 Å². The molecule has 1 N–H and O–H groups in total. The number of rotatable bonds is 5. The zero-order valence-corrected chi connectivity index (χ0v) is 14.9. The fraction of sp³-hybridized carbons (Fsp3) is 0.562. The maximum Gasteiger partial charge on any atom is 0.306 e. The van der Waals surface area contributed by atoms with E-state index in [2.05, 4.69) is 4.90 Å². The van der Waals surface area contributed by atoms with Crippen LogP contribution in [0.15, 0.2) is 18.2 Å². The summed E-state index contributed by atoms with van der Waals surface area (Å²) in [6.07, 6.45) is 3.97. The Balaban J connectivity index is 0.00000242. The van der Waals surface area contributed by atoms with E-state index in [4.69, 9.17) is 23.2 Å². The molecule has 0 saturated heterocycles. The van der Waals surface area contributed by atoms with E-state index in [-0.39, 0.29) is 24.2 Å². The number of nitrogens with zero attached hydrogens (tertiary/aromatic N) is 1. The predicted molar refractivity (Wildman–Crippen MR) is 93.1 cm³/mol. The van der Waals surface area contributed by atoms with Crippen LogP contribution < -0.4 is 0 Å². The van der Waals surface area contributed by atoms with Gasteiger partial charge in [-0.05, 0) is 43.5 Å². The summed E-state index contributed by atoms with van der Waals surface area (Å²) in [6, 6.07) is 5.63. The molecule has 6 heteroatoms. The Hall–Kier alpha value is -0.480. The fourth-order valence-corrected chi connectivity index (χ4v) is 3.49. The van der Waals surface area contributed by atoms with Crippen molar-refractivity contribution in [1.29, 1.82) is 0 Å². The number of benzene rings is 1. The Bertz CT molecular complexity index is 510. The van der Waals surface area contributed by atoms with E-state index in [0.717, 1.165) is 44.3 Å². The smallest absolute Gasteiger partial charge is 0.306 e. The van der Waals surface area contributed by atoms with E-state index < -0.39 is 5.97 Å². The van der Waals surface area contributed by atoms with E-state index in [1.807, 2.05) is 19.2 Å². The first kappa shape index (κ1) is 19.6. The lowest BCUT2D eigenvalue weighted by molar-refractivity contribution is -0.145. The van der Waals surface area contributed by atoms with Gasteiger partial charge in [-0.3, -0.25) is 4.79 Å². The summed E-state index contributed by atoms with van der Waals surface area (Å²) in [5.74, 6) is -0.610. The normalized spacial score (nSPS) is 21.5. The maximum atomic E-state index is 11.3. The molecule has 3 nitrogen and oxygen atoms in total. The average Bonchev–Trinajstić information content (AvgIpc) is 2.43. The van der Waals surface area contributed by atoms with Gasteiger partial charge in [-0.25, -0.2) is 0 Å². The van der Waals surface area contributed by atoms with Gasteiger partial charge >= 0.3 is 5.97 Å². The molecule has 0 amide bonds. The molecule has 0 bridgehead atoms. The summed E-state index contributed by atoms with van der Waals surface area (Å²) in [5.41, 5.74) is 1.09. The molecule has 1 aromatic carbocycles. The van der Waals surface area contributed by atoms with Crippen LogP contribution in [0, 0.1) is 11.8 Å². The lowest BCUT2D eigenvalue weighted by Gasteiger charge is -2.32. The molecule has 124 valence electrons. The van der Waals surface area contributed by atoms with Gasteiger partial charge in [0, 0.05) is 13.1 Å². The largest absolute Gasteiger partial charge is 0.481 e. The van der Waals surface area contributed by atoms with Crippen LogP contribution in [0.2, 0.25) is 10.0 Å². The molecule has 22 heavy (non-hydrogen) atoms. The first-order valence-corrected chi connectivity index (χ1v) is 8.08. The summed E-state index contributed by atoms with van der Waals surface area (Å²) < 4.78 is 0. The monoisotopic (exact) mass is 365 g/mol. The highest BCUT2D eigenvalue weighted by Gasteiger charge is 2.31. The standard InChI is InChI=1S/C16H21Cl2NO2.ClH/c1-19(9-11-6-7-14(17)15(18)8-11)10-12-4-2-3-5-13(12)16(20)21;/h6-8,12-13H,2-5,9-10H2,1H3,(H,20,21);1H. The molecule has 0 spiro atoms. The second-order valence-corrected chi connectivity index (χ2v) is 6.75. The molecular weight excluding hydrogens is 345 g/mol. The lowest BCUT2D eigenvalue weighted by atomic mass is 9.79. The number of halogens is 3. The molecule has 2 unspecified atom stereocenters. The molecule has 1 fully saturated rings. The third-order valence-electron chi connectivity index (χ3n) is 4.21. The molecule has 2 rings (SSSR count). The Kier molecular flexibility index (Phi) is 7.98. The highest BCUT2D eigenvalue weighted by Crippen LogP contribution is 2.31. The number of aliphatic carboxylic acids is 1. The molecule has 1 aromatic rings. The molecule has 0 aromatic heterocycles. The minimum absolute atomic E-state index is 0. The lowest BCUT2D eigenvalue weighted by Crippen LogP contribution is -2.35. The van der Waals surface area contributed by atoms with Crippen molar-refractivity contribution in [2.24, 2.45) is 11.8 Å². The molecular formula is C16H22Cl3NO2. The van der Waals surface area contributed by atoms with Crippen LogP contribution in [0.1, 0.15) is 31.2 Å². The number of hydrogen-bond donors (Lipinski definition) is 1. The molecule has 0 aliphatic heterocycles. The molecule has 0 radical (unpaired) electrons. The summed E-state index contributed by atoms with van der Waals surface area (Å²) in [4.78, 5) is 13.5. The van der Waals surface area contributed by atoms with Crippen LogP contribution in [0.25, 0.3) is 0 Å². The maximum absolute atomic E-state index is 11.3. The van der Waals surface area contributed by atoms with Gasteiger partial charge in [-0.2, -0.15) is 0 Å². The van der Waals surface area contributed by atoms with Gasteiger partial charge in [0.25, 0.3) is 0 Å². The minimum Gasteiger partial charge on any atom is -0.481 e. The fourth-order valence-electron chi connectivity index (χ4n) is 3.17. The van der Waals surface area contributed by atoms with Crippen molar-refractivity contribution in [3.8, 4) is 0 Å². The van der Waals surface area contributed by atoms with E-state index in [9.17, 15) is 9.90 Å². The van der Waals surface area contributed by atoms with Crippen LogP contribution in [-0.4, -0.2) is 29.6 Å². The second kappa shape index (κ2) is 8.97. The van der Waals surface area contributed by atoms with Crippen LogP contribution in [0.4, 0.5) is 0 Å². The Morgan fingerprint density at radius 1 is 1.27 bits per heavy atom. The quantitative estimate of drug-likeness (QED) is 0.818. The molecule has 1 aliphatic rings. The number of carboxylic acids is 1. The van der Waals surface area contributed by atoms with Crippen LogP contribution in [-0.2, 0) is 11.3 Å². The Morgan fingerprint density at radius 2 is 1.95 bits per heavy atom. The summed E-state index contributed by atoms with van der Waals surface area (Å²) >= 11 is 11.9. The van der Waals surface area contributed by atoms with E-state index >= 15 is 0 Å².